The van der Waals surface area contributed by atoms with E-state index in [2.05, 4.69) is 15.1 Å². The van der Waals surface area contributed by atoms with Crippen molar-refractivity contribution in [3.05, 3.63) is 65.7 Å². The van der Waals surface area contributed by atoms with Crippen LogP contribution in [-0.4, -0.2) is 46.3 Å². The molecule has 1 N–H and O–H groups in total. The predicted molar refractivity (Wildman–Crippen MR) is 126 cm³/mol. The summed E-state index contributed by atoms with van der Waals surface area (Å²) >= 11 is 0. The Hall–Kier alpha value is -3.99. The van der Waals surface area contributed by atoms with E-state index in [1.165, 1.54) is 36.0 Å². The average molecular weight is 482 g/mol. The van der Waals surface area contributed by atoms with E-state index in [0.29, 0.717) is 34.6 Å². The van der Waals surface area contributed by atoms with Crippen LogP contribution in [0.2, 0.25) is 0 Å². The number of aromatic carboxylic acids is 1. The van der Waals surface area contributed by atoms with Crippen molar-refractivity contribution in [3.8, 4) is 11.5 Å². The molecule has 4 rings (SSSR count). The molecule has 0 aliphatic heterocycles. The summed E-state index contributed by atoms with van der Waals surface area (Å²) in [5, 5.41) is 14.7. The van der Waals surface area contributed by atoms with Gasteiger partial charge in [-0.15, -0.1) is 0 Å². The van der Waals surface area contributed by atoms with Gasteiger partial charge in [0.05, 0.1) is 27.4 Å². The van der Waals surface area contributed by atoms with Gasteiger partial charge >= 0.3 is 5.97 Å². The number of fused-ring (bicyclic) bond motifs is 1. The van der Waals surface area contributed by atoms with Crippen LogP contribution in [0.3, 0.4) is 0 Å². The highest BCUT2D eigenvalue weighted by Crippen LogP contribution is 2.36. The lowest BCUT2D eigenvalue weighted by Gasteiger charge is -2.23. The van der Waals surface area contributed by atoms with Crippen molar-refractivity contribution in [2.24, 2.45) is 7.05 Å². The van der Waals surface area contributed by atoms with Crippen molar-refractivity contribution in [3.63, 3.8) is 0 Å². The molecule has 0 amide bonds. The molecule has 0 aliphatic rings. The summed E-state index contributed by atoms with van der Waals surface area (Å²) in [5.41, 5.74) is 1.05. The Kier molecular flexibility index (Phi) is 5.96. The number of nitrogens with zero attached hydrogens (tertiary/aromatic N) is 5. The van der Waals surface area contributed by atoms with Crippen LogP contribution in [0.4, 0.5) is 5.69 Å². The number of sulfonamides is 1. The van der Waals surface area contributed by atoms with Crippen molar-refractivity contribution in [1.82, 2.24) is 19.7 Å². The Bertz CT molecular complexity index is 1480. The summed E-state index contributed by atoms with van der Waals surface area (Å²) in [7, 11) is -1.10. The van der Waals surface area contributed by atoms with E-state index in [9.17, 15) is 18.3 Å². The maximum atomic E-state index is 13.6. The Labute approximate surface area is 196 Å². The molecule has 1 aromatic carbocycles. The lowest BCUT2D eigenvalue weighted by atomic mass is 10.1. The summed E-state index contributed by atoms with van der Waals surface area (Å²) in [6.45, 7) is 3.46. The van der Waals surface area contributed by atoms with Gasteiger partial charge in [0.2, 0.25) is 0 Å². The van der Waals surface area contributed by atoms with Crippen LogP contribution in [0.5, 0.6) is 11.5 Å². The van der Waals surface area contributed by atoms with Crippen LogP contribution in [0.15, 0.2) is 53.7 Å². The van der Waals surface area contributed by atoms with E-state index in [4.69, 9.17) is 4.74 Å². The summed E-state index contributed by atoms with van der Waals surface area (Å²) in [6.07, 6.45) is 3.48. The third-order valence-electron chi connectivity index (χ3n) is 5.43. The fourth-order valence-electron chi connectivity index (χ4n) is 3.79. The van der Waals surface area contributed by atoms with Gasteiger partial charge in [-0.1, -0.05) is 6.92 Å². The molecule has 0 saturated carbocycles. The number of ether oxygens (including phenoxy) is 1. The maximum Gasteiger partial charge on any atom is 0.339 e. The van der Waals surface area contributed by atoms with Crippen molar-refractivity contribution in [2.75, 3.05) is 11.4 Å². The molecular formula is C23H23N5O5S. The number of carbonyl (C=O) groups is 1. The number of pyridine rings is 2. The first kappa shape index (κ1) is 23.2. The number of aromatic nitrogens is 4. The Morgan fingerprint density at radius 2 is 1.74 bits per heavy atom. The zero-order valence-electron chi connectivity index (χ0n) is 19.1. The van der Waals surface area contributed by atoms with Gasteiger partial charge in [0.1, 0.15) is 17.1 Å². The van der Waals surface area contributed by atoms with Gasteiger partial charge in [-0.25, -0.2) is 18.2 Å². The van der Waals surface area contributed by atoms with Crippen LogP contribution in [0, 0.1) is 6.92 Å². The van der Waals surface area contributed by atoms with Gasteiger partial charge in [-0.05, 0) is 49.7 Å². The Morgan fingerprint density at radius 3 is 2.32 bits per heavy atom. The highest BCUT2D eigenvalue weighted by molar-refractivity contribution is 7.92. The quantitative estimate of drug-likeness (QED) is 0.424. The Balaban J connectivity index is 1.82. The molecule has 3 heterocycles. The van der Waals surface area contributed by atoms with E-state index >= 15 is 0 Å². The van der Waals surface area contributed by atoms with Gasteiger partial charge in [0, 0.05) is 26.5 Å². The lowest BCUT2D eigenvalue weighted by Crippen LogP contribution is -2.29. The third-order valence-corrected chi connectivity index (χ3v) is 7.20. The first-order chi connectivity index (χ1) is 16.1. The molecule has 10 nitrogen and oxygen atoms in total. The molecule has 0 aliphatic carbocycles. The van der Waals surface area contributed by atoms with Gasteiger partial charge in [-0.3, -0.25) is 14.0 Å². The van der Waals surface area contributed by atoms with E-state index < -0.39 is 16.0 Å². The smallest absolute Gasteiger partial charge is 0.339 e. The van der Waals surface area contributed by atoms with Crippen molar-refractivity contribution >= 4 is 32.7 Å². The fraction of sp³-hybridized carbons (Fsp3) is 0.217. The monoisotopic (exact) mass is 481 g/mol. The number of carboxylic acids is 1. The first-order valence-corrected chi connectivity index (χ1v) is 11.9. The average Bonchev–Trinajstić information content (AvgIpc) is 3.11. The minimum atomic E-state index is -4.12. The normalized spacial score (nSPS) is 11.5. The molecule has 3 aromatic heterocycles. The fourth-order valence-corrected chi connectivity index (χ4v) is 5.01. The molecule has 0 spiro atoms. The first-order valence-electron chi connectivity index (χ1n) is 10.4. The zero-order valence-corrected chi connectivity index (χ0v) is 19.9. The van der Waals surface area contributed by atoms with E-state index in [-0.39, 0.29) is 21.8 Å². The molecule has 0 unspecified atom stereocenters. The number of hydrogen-bond donors (Lipinski definition) is 1. The zero-order chi connectivity index (χ0) is 24.6. The molecule has 0 saturated heterocycles. The van der Waals surface area contributed by atoms with Crippen molar-refractivity contribution in [2.45, 2.75) is 25.2 Å². The van der Waals surface area contributed by atoms with Crippen LogP contribution >= 0.6 is 0 Å². The third kappa shape index (κ3) is 3.94. The minimum Gasteiger partial charge on any atom is -0.478 e. The van der Waals surface area contributed by atoms with Crippen LogP contribution in [-0.2, 0) is 23.5 Å². The molecule has 0 bridgehead atoms. The topological polar surface area (TPSA) is 128 Å². The van der Waals surface area contributed by atoms with Gasteiger partial charge in [-0.2, -0.15) is 5.10 Å². The van der Waals surface area contributed by atoms with Crippen LogP contribution < -0.4 is 9.04 Å². The standard InChI is InChI=1S/C23H23N5O5S/c1-5-18-20(23(29)30)21(19-14(2)26-27(3)22(19)25-18)28(4)34(31,32)17-8-6-15(7-9-17)33-16-10-12-24-13-11-16/h6-13H,5H2,1-4H3,(H,29,30). The number of rotatable bonds is 7. The van der Waals surface area contributed by atoms with E-state index in [1.807, 2.05) is 0 Å². The van der Waals surface area contributed by atoms with Crippen molar-refractivity contribution < 1.29 is 23.1 Å². The molecule has 4 aromatic rings. The summed E-state index contributed by atoms with van der Waals surface area (Å²) in [5.74, 6) is -0.249. The summed E-state index contributed by atoms with van der Waals surface area (Å²) in [4.78, 5) is 20.6. The van der Waals surface area contributed by atoms with Crippen molar-refractivity contribution in [1.29, 1.82) is 0 Å². The second kappa shape index (κ2) is 8.75. The SMILES string of the molecule is CCc1nc2c(c(C)nn2C)c(N(C)S(=O)(=O)c2ccc(Oc3ccncc3)cc2)c1C(=O)O. The highest BCUT2D eigenvalue weighted by atomic mass is 32.2. The Morgan fingerprint density at radius 1 is 1.12 bits per heavy atom. The van der Waals surface area contributed by atoms with Gasteiger partial charge in [0.25, 0.3) is 10.0 Å². The maximum absolute atomic E-state index is 13.6. The van der Waals surface area contributed by atoms with E-state index in [0.717, 1.165) is 4.31 Å². The number of aryl methyl sites for hydroxylation is 3. The molecule has 34 heavy (non-hydrogen) atoms. The molecule has 0 radical (unpaired) electrons. The molecule has 11 heteroatoms. The van der Waals surface area contributed by atoms with Gasteiger partial charge < -0.3 is 9.84 Å². The molecule has 0 fully saturated rings. The lowest BCUT2D eigenvalue weighted by molar-refractivity contribution is 0.0696. The second-order valence-electron chi connectivity index (χ2n) is 7.58. The minimum absolute atomic E-state index is 0.0158. The number of benzene rings is 1. The number of hydrogen-bond acceptors (Lipinski definition) is 7. The van der Waals surface area contributed by atoms with Crippen LogP contribution in [0.25, 0.3) is 11.0 Å². The molecule has 0 atom stereocenters. The largest absolute Gasteiger partial charge is 0.478 e. The summed E-state index contributed by atoms with van der Waals surface area (Å²) < 4.78 is 35.4. The predicted octanol–water partition coefficient (Wildman–Crippen LogP) is 3.55. The summed E-state index contributed by atoms with van der Waals surface area (Å²) in [6, 6.07) is 9.27. The van der Waals surface area contributed by atoms with Crippen LogP contribution in [0.1, 0.15) is 28.7 Å². The number of carboxylic acid groups (broad SMARTS) is 1. The number of anilines is 1. The second-order valence-corrected chi connectivity index (χ2v) is 9.55. The van der Waals surface area contributed by atoms with Gasteiger partial charge in [0.15, 0.2) is 5.65 Å². The highest BCUT2D eigenvalue weighted by Gasteiger charge is 2.31. The molecule has 176 valence electrons. The molecular weight excluding hydrogens is 458 g/mol. The van der Waals surface area contributed by atoms with E-state index in [1.54, 1.807) is 45.4 Å².